The first kappa shape index (κ1) is 15.0. The Morgan fingerprint density at radius 3 is 1.94 bits per heavy atom. The first-order chi connectivity index (χ1) is 8.11. The number of hydrogen-bond donors (Lipinski definition) is 0. The van der Waals surface area contributed by atoms with Gasteiger partial charge in [-0.3, -0.25) is 0 Å². The summed E-state index contributed by atoms with van der Waals surface area (Å²) in [5.74, 6) is -0.488. The first-order valence-corrected chi connectivity index (χ1v) is 8.35. The van der Waals surface area contributed by atoms with Gasteiger partial charge in [0.05, 0.1) is 20.8 Å². The van der Waals surface area contributed by atoms with Crippen molar-refractivity contribution in [3.05, 3.63) is 10.1 Å². The highest BCUT2D eigenvalue weighted by molar-refractivity contribution is 6.66. The van der Waals surface area contributed by atoms with E-state index in [0.29, 0.717) is 6.42 Å². The lowest BCUT2D eigenvalue weighted by atomic mass is 9.84. The van der Waals surface area contributed by atoms with Crippen LogP contribution in [-0.2, 0) is 0 Å². The standard InChI is InChI=1S/C10H6Cl8/c11-3-1-2-4(5(3)12)9(16)7(14)6(13)8(2,15)10(9,17)18/h2-5H,1H2/t2-,3+,4-,5+,8-,9+/m1/s1. The van der Waals surface area contributed by atoms with Crippen LogP contribution in [0.25, 0.3) is 0 Å². The lowest BCUT2D eigenvalue weighted by Crippen LogP contribution is -2.47. The van der Waals surface area contributed by atoms with E-state index in [9.17, 15) is 0 Å². The zero-order chi connectivity index (χ0) is 13.7. The van der Waals surface area contributed by atoms with Crippen LogP contribution in [-0.4, -0.2) is 24.8 Å². The molecule has 0 nitrogen and oxygen atoms in total. The normalized spacial score (nSPS) is 57.3. The van der Waals surface area contributed by atoms with Gasteiger partial charge in [0.1, 0.15) is 9.75 Å². The molecule has 3 aliphatic carbocycles. The van der Waals surface area contributed by atoms with Crippen LogP contribution in [0.5, 0.6) is 0 Å². The molecule has 0 spiro atoms. The summed E-state index contributed by atoms with van der Waals surface area (Å²) in [5.41, 5.74) is 0. The molecule has 0 amide bonds. The van der Waals surface area contributed by atoms with Gasteiger partial charge in [0, 0.05) is 5.92 Å². The van der Waals surface area contributed by atoms with E-state index in [1.54, 1.807) is 0 Å². The molecule has 0 unspecified atom stereocenters. The molecule has 0 saturated heterocycles. The molecular weight excluding hydrogens is 404 g/mol. The molecule has 18 heavy (non-hydrogen) atoms. The van der Waals surface area contributed by atoms with E-state index in [-0.39, 0.29) is 27.3 Å². The quantitative estimate of drug-likeness (QED) is 0.451. The molecule has 3 aliphatic rings. The molecule has 0 radical (unpaired) electrons. The molecule has 0 aromatic heterocycles. The first-order valence-electron chi connectivity index (χ1n) is 5.21. The van der Waals surface area contributed by atoms with Crippen LogP contribution in [0.3, 0.4) is 0 Å². The Labute approximate surface area is 145 Å². The zero-order valence-electron chi connectivity index (χ0n) is 8.54. The van der Waals surface area contributed by atoms with E-state index in [1.807, 2.05) is 0 Å². The van der Waals surface area contributed by atoms with Crippen molar-refractivity contribution >= 4 is 92.8 Å². The van der Waals surface area contributed by atoms with Crippen molar-refractivity contribution in [2.24, 2.45) is 11.8 Å². The second-order valence-electron chi connectivity index (χ2n) is 4.95. The summed E-state index contributed by atoms with van der Waals surface area (Å²) in [5, 5.41) is -0.259. The molecule has 2 fully saturated rings. The van der Waals surface area contributed by atoms with Crippen LogP contribution in [0, 0.1) is 11.8 Å². The number of allylic oxidation sites excluding steroid dienone is 2. The molecule has 2 saturated carbocycles. The van der Waals surface area contributed by atoms with Gasteiger partial charge in [-0.2, -0.15) is 0 Å². The van der Waals surface area contributed by atoms with Gasteiger partial charge < -0.3 is 0 Å². The SMILES string of the molecule is ClC1=C(Cl)[C@]2(Cl)[C@@H]3C[C@H](Cl)[C@H](Cl)[C@@H]3[C@@]1(Cl)C2(Cl)Cl. The number of alkyl halides is 6. The molecule has 3 rings (SSSR count). The minimum absolute atomic E-state index is 0.184. The van der Waals surface area contributed by atoms with Crippen LogP contribution in [0.2, 0.25) is 0 Å². The molecule has 102 valence electrons. The highest BCUT2D eigenvalue weighted by Crippen LogP contribution is 2.79. The molecule has 8 heteroatoms. The van der Waals surface area contributed by atoms with Crippen molar-refractivity contribution in [2.75, 3.05) is 0 Å². The van der Waals surface area contributed by atoms with Gasteiger partial charge in [-0.25, -0.2) is 0 Å². The van der Waals surface area contributed by atoms with Crippen LogP contribution >= 0.6 is 92.8 Å². The van der Waals surface area contributed by atoms with Crippen LogP contribution in [0.1, 0.15) is 6.42 Å². The fourth-order valence-electron chi connectivity index (χ4n) is 3.48. The zero-order valence-corrected chi connectivity index (χ0v) is 14.6. The van der Waals surface area contributed by atoms with Crippen LogP contribution in [0.15, 0.2) is 10.1 Å². The van der Waals surface area contributed by atoms with E-state index in [1.165, 1.54) is 0 Å². The second-order valence-corrected chi connectivity index (χ2v) is 9.29. The fraction of sp³-hybridized carbons (Fsp3) is 0.800. The topological polar surface area (TPSA) is 0 Å². The minimum atomic E-state index is -1.50. The summed E-state index contributed by atoms with van der Waals surface area (Å²) < 4.78 is -1.50. The Morgan fingerprint density at radius 2 is 1.39 bits per heavy atom. The summed E-state index contributed by atoms with van der Waals surface area (Å²) >= 11 is 51.0. The van der Waals surface area contributed by atoms with Crippen molar-refractivity contribution in [3.8, 4) is 0 Å². The van der Waals surface area contributed by atoms with Gasteiger partial charge >= 0.3 is 0 Å². The smallest absolute Gasteiger partial charge is 0.121 e. The predicted octanol–water partition coefficient (Wildman–Crippen LogP) is 5.68. The number of fused-ring (bicyclic) bond motifs is 5. The van der Waals surface area contributed by atoms with Gasteiger partial charge in [-0.05, 0) is 12.3 Å². The van der Waals surface area contributed by atoms with Gasteiger partial charge in [0.2, 0.25) is 0 Å². The maximum Gasteiger partial charge on any atom is 0.166 e. The molecular formula is C10H6Cl8. The maximum absolute atomic E-state index is 6.62. The Morgan fingerprint density at radius 1 is 0.889 bits per heavy atom. The highest BCUT2D eigenvalue weighted by Gasteiger charge is 2.84. The van der Waals surface area contributed by atoms with Crippen LogP contribution < -0.4 is 0 Å². The summed E-state index contributed by atoms with van der Waals surface area (Å²) in [6.45, 7) is 0. The average molecular weight is 410 g/mol. The molecule has 0 aromatic rings. The summed E-state index contributed by atoms with van der Waals surface area (Å²) in [4.78, 5) is -2.50. The van der Waals surface area contributed by atoms with Gasteiger partial charge in [0.25, 0.3) is 0 Å². The van der Waals surface area contributed by atoms with Crippen LogP contribution in [0.4, 0.5) is 0 Å². The van der Waals surface area contributed by atoms with Crippen molar-refractivity contribution < 1.29 is 0 Å². The van der Waals surface area contributed by atoms with Crippen molar-refractivity contribution in [2.45, 2.75) is 31.3 Å². The number of rotatable bonds is 0. The largest absolute Gasteiger partial charge is 0.166 e. The van der Waals surface area contributed by atoms with E-state index < -0.39 is 19.5 Å². The van der Waals surface area contributed by atoms with E-state index in [2.05, 4.69) is 0 Å². The van der Waals surface area contributed by atoms with E-state index >= 15 is 0 Å². The van der Waals surface area contributed by atoms with Crippen molar-refractivity contribution in [3.63, 3.8) is 0 Å². The van der Waals surface area contributed by atoms with Gasteiger partial charge in [0.15, 0.2) is 4.33 Å². The summed E-state index contributed by atoms with van der Waals surface area (Å²) in [6, 6.07) is 0. The number of halogens is 8. The van der Waals surface area contributed by atoms with Gasteiger partial charge in [-0.1, -0.05) is 46.4 Å². The Balaban J connectivity index is 2.26. The minimum Gasteiger partial charge on any atom is -0.121 e. The maximum atomic E-state index is 6.62. The Bertz CT molecular complexity index is 459. The third-order valence-corrected chi connectivity index (χ3v) is 9.79. The third-order valence-electron chi connectivity index (χ3n) is 4.32. The highest BCUT2D eigenvalue weighted by atomic mass is 35.5. The summed E-state index contributed by atoms with van der Waals surface area (Å²) in [7, 11) is 0. The van der Waals surface area contributed by atoms with Crippen molar-refractivity contribution in [1.82, 2.24) is 0 Å². The lowest BCUT2D eigenvalue weighted by molar-refractivity contribution is 0.385. The van der Waals surface area contributed by atoms with E-state index in [4.69, 9.17) is 92.8 Å². The fourth-order valence-corrected chi connectivity index (χ4v) is 7.46. The Kier molecular flexibility index (Phi) is 3.39. The Hall–Kier alpha value is 2.06. The van der Waals surface area contributed by atoms with Gasteiger partial charge in [-0.15, -0.1) is 46.4 Å². The monoisotopic (exact) mass is 406 g/mol. The summed E-state index contributed by atoms with van der Waals surface area (Å²) in [6.07, 6.45) is 0.555. The average Bonchev–Trinajstić information content (AvgIpc) is 2.69. The molecule has 6 atom stereocenters. The second kappa shape index (κ2) is 4.07. The lowest BCUT2D eigenvalue weighted by Gasteiger charge is -2.35. The molecule has 0 aliphatic heterocycles. The predicted molar refractivity (Wildman–Crippen MR) is 81.2 cm³/mol. The molecule has 2 bridgehead atoms. The van der Waals surface area contributed by atoms with E-state index in [0.717, 1.165) is 0 Å². The van der Waals surface area contributed by atoms with Crippen molar-refractivity contribution in [1.29, 1.82) is 0 Å². The third kappa shape index (κ3) is 1.28. The molecule has 0 heterocycles. The molecule has 0 N–H and O–H groups in total. The molecule has 0 aromatic carbocycles. The number of hydrogen-bond acceptors (Lipinski definition) is 0.